The van der Waals surface area contributed by atoms with Crippen molar-refractivity contribution >= 4 is 11.8 Å². The molecule has 1 aliphatic rings. The first-order chi connectivity index (χ1) is 13.5. The summed E-state index contributed by atoms with van der Waals surface area (Å²) < 4.78 is 0. The topological polar surface area (TPSA) is 81.1 Å². The fourth-order valence-corrected chi connectivity index (χ4v) is 3.72. The van der Waals surface area contributed by atoms with E-state index in [2.05, 4.69) is 0 Å². The second-order valence-electron chi connectivity index (χ2n) is 7.15. The molecule has 6 nitrogen and oxygen atoms in total. The summed E-state index contributed by atoms with van der Waals surface area (Å²) in [7, 11) is 0. The number of hydrogen-bond acceptors (Lipinski definition) is 4. The number of para-hydroxylation sites is 1. The van der Waals surface area contributed by atoms with Crippen molar-refractivity contribution in [3.8, 4) is 11.5 Å². The van der Waals surface area contributed by atoms with Crippen LogP contribution in [-0.2, 0) is 9.59 Å². The molecule has 28 heavy (non-hydrogen) atoms. The second kappa shape index (κ2) is 8.78. The number of phenols is 2. The van der Waals surface area contributed by atoms with E-state index in [1.54, 1.807) is 53.1 Å². The lowest BCUT2D eigenvalue weighted by Crippen LogP contribution is -2.37. The number of carbonyl (C=O) groups is 2. The number of carbonyl (C=O) groups excluding carboxylic acids is 2. The first kappa shape index (κ1) is 19.7. The Morgan fingerprint density at radius 3 is 2.39 bits per heavy atom. The first-order valence-corrected chi connectivity index (χ1v) is 9.56. The van der Waals surface area contributed by atoms with Crippen LogP contribution in [0.4, 0.5) is 0 Å². The van der Waals surface area contributed by atoms with Crippen molar-refractivity contribution in [1.29, 1.82) is 0 Å². The normalized spacial score (nSPS) is 15.8. The second-order valence-corrected chi connectivity index (χ2v) is 7.15. The van der Waals surface area contributed by atoms with Crippen LogP contribution in [0.3, 0.4) is 0 Å². The minimum Gasteiger partial charge on any atom is -0.508 e. The van der Waals surface area contributed by atoms with Crippen LogP contribution in [0, 0.1) is 0 Å². The number of nitrogens with zero attached hydrogens (tertiary/aromatic N) is 2. The van der Waals surface area contributed by atoms with Crippen LogP contribution in [0.25, 0.3) is 0 Å². The molecule has 2 aromatic rings. The average Bonchev–Trinajstić information content (AvgIpc) is 2.93. The molecule has 0 saturated carbocycles. The highest BCUT2D eigenvalue weighted by Gasteiger charge is 2.26. The summed E-state index contributed by atoms with van der Waals surface area (Å²) in [5.74, 6) is -0.115. The summed E-state index contributed by atoms with van der Waals surface area (Å²) in [4.78, 5) is 28.2. The predicted octanol–water partition coefficient (Wildman–Crippen LogP) is 2.70. The van der Waals surface area contributed by atoms with Gasteiger partial charge in [0.1, 0.15) is 11.5 Å². The van der Waals surface area contributed by atoms with Crippen LogP contribution < -0.4 is 0 Å². The highest BCUT2D eigenvalue weighted by atomic mass is 16.3. The van der Waals surface area contributed by atoms with Gasteiger partial charge < -0.3 is 20.0 Å². The van der Waals surface area contributed by atoms with Gasteiger partial charge in [-0.05, 0) is 30.2 Å². The molecule has 0 aromatic heterocycles. The Labute approximate surface area is 165 Å². The summed E-state index contributed by atoms with van der Waals surface area (Å²) in [6.07, 6.45) is 0.930. The molecule has 1 atom stereocenters. The standard InChI is InChI=1S/C22H26N2O4/c1-16(25)23-10-5-11-24(13-12-23)22(28)15-20(17-6-4-7-18(26)14-17)19-8-2-3-9-21(19)27/h2-4,6-9,14,20,26-27H,5,10-13,15H2,1H3/t20-/m0/s1. The van der Waals surface area contributed by atoms with Crippen molar-refractivity contribution in [1.82, 2.24) is 9.80 Å². The molecule has 0 bridgehead atoms. The van der Waals surface area contributed by atoms with Gasteiger partial charge in [0.25, 0.3) is 0 Å². The van der Waals surface area contributed by atoms with Gasteiger partial charge >= 0.3 is 0 Å². The van der Waals surface area contributed by atoms with E-state index in [1.165, 1.54) is 0 Å². The maximum absolute atomic E-state index is 13.1. The fourth-order valence-electron chi connectivity index (χ4n) is 3.72. The van der Waals surface area contributed by atoms with E-state index in [4.69, 9.17) is 0 Å². The molecule has 0 spiro atoms. The molecule has 1 heterocycles. The van der Waals surface area contributed by atoms with Crippen LogP contribution >= 0.6 is 0 Å². The van der Waals surface area contributed by atoms with Gasteiger partial charge in [0, 0.05) is 51.0 Å². The first-order valence-electron chi connectivity index (χ1n) is 9.56. The van der Waals surface area contributed by atoms with E-state index in [9.17, 15) is 19.8 Å². The van der Waals surface area contributed by atoms with E-state index in [0.29, 0.717) is 31.7 Å². The quantitative estimate of drug-likeness (QED) is 0.852. The van der Waals surface area contributed by atoms with Gasteiger partial charge in [0.15, 0.2) is 0 Å². The highest BCUT2D eigenvalue weighted by Crippen LogP contribution is 2.35. The van der Waals surface area contributed by atoms with Gasteiger partial charge in [0.05, 0.1) is 0 Å². The number of amides is 2. The molecule has 6 heteroatoms. The lowest BCUT2D eigenvalue weighted by Gasteiger charge is -2.25. The van der Waals surface area contributed by atoms with E-state index >= 15 is 0 Å². The predicted molar refractivity (Wildman–Crippen MR) is 106 cm³/mol. The highest BCUT2D eigenvalue weighted by molar-refractivity contribution is 5.78. The maximum atomic E-state index is 13.1. The third-order valence-electron chi connectivity index (χ3n) is 5.26. The molecule has 148 valence electrons. The number of hydrogen-bond donors (Lipinski definition) is 2. The van der Waals surface area contributed by atoms with Crippen molar-refractivity contribution in [2.45, 2.75) is 25.7 Å². The van der Waals surface area contributed by atoms with Crippen molar-refractivity contribution in [2.75, 3.05) is 26.2 Å². The SMILES string of the molecule is CC(=O)N1CCCN(C(=O)C[C@@H](c2cccc(O)c2)c2ccccc2O)CC1. The molecule has 3 rings (SSSR count). The Balaban J connectivity index is 1.82. The van der Waals surface area contributed by atoms with Crippen LogP contribution in [-0.4, -0.2) is 58.0 Å². The summed E-state index contributed by atoms with van der Waals surface area (Å²) in [6.45, 7) is 3.86. The monoisotopic (exact) mass is 382 g/mol. The zero-order valence-corrected chi connectivity index (χ0v) is 16.0. The number of aromatic hydroxyl groups is 2. The van der Waals surface area contributed by atoms with E-state index < -0.39 is 0 Å². The Hall–Kier alpha value is -3.02. The Bertz CT molecular complexity index is 852. The molecule has 0 radical (unpaired) electrons. The summed E-state index contributed by atoms with van der Waals surface area (Å²) in [6, 6.07) is 13.8. The smallest absolute Gasteiger partial charge is 0.223 e. The Morgan fingerprint density at radius 1 is 0.964 bits per heavy atom. The van der Waals surface area contributed by atoms with Gasteiger partial charge in [-0.2, -0.15) is 0 Å². The maximum Gasteiger partial charge on any atom is 0.223 e. The van der Waals surface area contributed by atoms with Crippen LogP contribution in [0.1, 0.15) is 36.8 Å². The van der Waals surface area contributed by atoms with Crippen molar-refractivity contribution in [3.63, 3.8) is 0 Å². The van der Waals surface area contributed by atoms with E-state index in [0.717, 1.165) is 12.0 Å². The zero-order chi connectivity index (χ0) is 20.1. The molecule has 2 N–H and O–H groups in total. The zero-order valence-electron chi connectivity index (χ0n) is 16.0. The minimum atomic E-state index is -0.368. The van der Waals surface area contributed by atoms with E-state index in [-0.39, 0.29) is 35.7 Å². The molecular formula is C22H26N2O4. The van der Waals surface area contributed by atoms with Gasteiger partial charge in [-0.3, -0.25) is 9.59 Å². The van der Waals surface area contributed by atoms with Gasteiger partial charge in [0.2, 0.25) is 11.8 Å². The summed E-state index contributed by atoms with van der Waals surface area (Å²) in [5, 5.41) is 20.2. The molecule has 0 aliphatic carbocycles. The largest absolute Gasteiger partial charge is 0.508 e. The minimum absolute atomic E-state index is 0.0259. The lowest BCUT2D eigenvalue weighted by molar-refractivity contribution is -0.132. The Morgan fingerprint density at radius 2 is 1.68 bits per heavy atom. The summed E-state index contributed by atoms with van der Waals surface area (Å²) in [5.41, 5.74) is 1.43. The number of benzene rings is 2. The average molecular weight is 382 g/mol. The fraction of sp³-hybridized carbons (Fsp3) is 0.364. The number of rotatable bonds is 4. The van der Waals surface area contributed by atoms with Crippen molar-refractivity contribution in [3.05, 3.63) is 59.7 Å². The third kappa shape index (κ3) is 4.63. The molecule has 2 amide bonds. The van der Waals surface area contributed by atoms with Gasteiger partial charge in [-0.1, -0.05) is 30.3 Å². The molecular weight excluding hydrogens is 356 g/mol. The van der Waals surface area contributed by atoms with Crippen molar-refractivity contribution in [2.24, 2.45) is 0 Å². The van der Waals surface area contributed by atoms with Crippen LogP contribution in [0.2, 0.25) is 0 Å². The van der Waals surface area contributed by atoms with E-state index in [1.807, 2.05) is 12.1 Å². The summed E-state index contributed by atoms with van der Waals surface area (Å²) >= 11 is 0. The van der Waals surface area contributed by atoms with Gasteiger partial charge in [-0.15, -0.1) is 0 Å². The lowest BCUT2D eigenvalue weighted by atomic mass is 9.87. The van der Waals surface area contributed by atoms with Crippen LogP contribution in [0.15, 0.2) is 48.5 Å². The number of phenolic OH excluding ortho intramolecular Hbond substituents is 2. The molecule has 0 unspecified atom stereocenters. The van der Waals surface area contributed by atoms with Crippen LogP contribution in [0.5, 0.6) is 11.5 Å². The Kier molecular flexibility index (Phi) is 6.19. The van der Waals surface area contributed by atoms with Gasteiger partial charge in [-0.25, -0.2) is 0 Å². The molecule has 2 aromatic carbocycles. The molecule has 1 aliphatic heterocycles. The molecule has 1 saturated heterocycles. The molecule has 1 fully saturated rings. The van der Waals surface area contributed by atoms with Crippen molar-refractivity contribution < 1.29 is 19.8 Å². The third-order valence-corrected chi connectivity index (χ3v) is 5.26.